The standard InChI is InChI=1S/C15H28O2/c1-11(2)10-15(13(16)17)8-6-12(7-9-15)14(3,4)5/h11-12H,6-10H2,1-5H3,(H,16,17). The van der Waals surface area contributed by atoms with E-state index in [2.05, 4.69) is 34.6 Å². The van der Waals surface area contributed by atoms with E-state index in [9.17, 15) is 9.90 Å². The van der Waals surface area contributed by atoms with Crippen molar-refractivity contribution < 1.29 is 9.90 Å². The molecule has 1 rings (SSSR count). The van der Waals surface area contributed by atoms with Gasteiger partial charge in [-0.05, 0) is 49.4 Å². The fourth-order valence-corrected chi connectivity index (χ4v) is 3.32. The van der Waals surface area contributed by atoms with Crippen molar-refractivity contribution in [3.05, 3.63) is 0 Å². The Kier molecular flexibility index (Phi) is 4.27. The van der Waals surface area contributed by atoms with E-state index in [0.29, 0.717) is 17.3 Å². The van der Waals surface area contributed by atoms with Crippen molar-refractivity contribution in [2.24, 2.45) is 22.7 Å². The number of aliphatic carboxylic acids is 1. The minimum atomic E-state index is -0.571. The van der Waals surface area contributed by atoms with Crippen LogP contribution in [0.2, 0.25) is 0 Å². The molecule has 100 valence electrons. The lowest BCUT2D eigenvalue weighted by Crippen LogP contribution is -2.39. The molecule has 0 amide bonds. The van der Waals surface area contributed by atoms with E-state index in [-0.39, 0.29) is 0 Å². The molecular weight excluding hydrogens is 212 g/mol. The zero-order chi connectivity index (χ0) is 13.3. The van der Waals surface area contributed by atoms with Crippen molar-refractivity contribution in [2.45, 2.75) is 66.7 Å². The molecule has 0 saturated heterocycles. The molecular formula is C15H28O2. The van der Waals surface area contributed by atoms with Crippen molar-refractivity contribution in [3.63, 3.8) is 0 Å². The van der Waals surface area contributed by atoms with Crippen LogP contribution >= 0.6 is 0 Å². The molecule has 1 N–H and O–H groups in total. The molecule has 1 saturated carbocycles. The van der Waals surface area contributed by atoms with Gasteiger partial charge in [-0.25, -0.2) is 0 Å². The van der Waals surface area contributed by atoms with Crippen LogP contribution in [-0.4, -0.2) is 11.1 Å². The number of carbonyl (C=O) groups is 1. The van der Waals surface area contributed by atoms with Gasteiger partial charge in [-0.15, -0.1) is 0 Å². The molecule has 1 aliphatic rings. The molecule has 0 aromatic carbocycles. The summed E-state index contributed by atoms with van der Waals surface area (Å²) in [4.78, 5) is 11.6. The van der Waals surface area contributed by atoms with Gasteiger partial charge < -0.3 is 5.11 Å². The monoisotopic (exact) mass is 240 g/mol. The second-order valence-corrected chi connectivity index (χ2v) is 7.32. The number of hydrogen-bond donors (Lipinski definition) is 1. The number of rotatable bonds is 3. The van der Waals surface area contributed by atoms with Crippen molar-refractivity contribution in [2.75, 3.05) is 0 Å². The summed E-state index contributed by atoms with van der Waals surface area (Å²) in [6.07, 6.45) is 4.70. The van der Waals surface area contributed by atoms with Crippen LogP contribution in [0.25, 0.3) is 0 Å². The van der Waals surface area contributed by atoms with Crippen molar-refractivity contribution in [1.29, 1.82) is 0 Å². The molecule has 2 nitrogen and oxygen atoms in total. The van der Waals surface area contributed by atoms with E-state index in [1.54, 1.807) is 0 Å². The van der Waals surface area contributed by atoms with Crippen LogP contribution in [0.3, 0.4) is 0 Å². The Morgan fingerprint density at radius 1 is 1.29 bits per heavy atom. The van der Waals surface area contributed by atoms with Gasteiger partial charge in [0.15, 0.2) is 0 Å². The summed E-state index contributed by atoms with van der Waals surface area (Å²) in [5.74, 6) is 0.581. The minimum Gasteiger partial charge on any atom is -0.481 e. The van der Waals surface area contributed by atoms with Crippen LogP contribution in [0, 0.1) is 22.7 Å². The van der Waals surface area contributed by atoms with Crippen molar-refractivity contribution in [1.82, 2.24) is 0 Å². The molecule has 0 atom stereocenters. The summed E-state index contributed by atoms with van der Waals surface area (Å²) in [5, 5.41) is 9.53. The molecule has 0 aliphatic heterocycles. The predicted octanol–water partition coefficient (Wildman–Crippen LogP) is 4.34. The minimum absolute atomic E-state index is 0.322. The molecule has 0 aromatic heterocycles. The van der Waals surface area contributed by atoms with Gasteiger partial charge in [0.2, 0.25) is 0 Å². The fourth-order valence-electron chi connectivity index (χ4n) is 3.32. The van der Waals surface area contributed by atoms with Crippen LogP contribution in [-0.2, 0) is 4.79 Å². The molecule has 17 heavy (non-hydrogen) atoms. The molecule has 0 radical (unpaired) electrons. The molecule has 0 bridgehead atoms. The largest absolute Gasteiger partial charge is 0.481 e. The summed E-state index contributed by atoms with van der Waals surface area (Å²) in [6.45, 7) is 11.1. The Labute approximate surface area is 106 Å². The Morgan fingerprint density at radius 3 is 2.06 bits per heavy atom. The van der Waals surface area contributed by atoms with Gasteiger partial charge in [0, 0.05) is 0 Å². The zero-order valence-corrected chi connectivity index (χ0v) is 12.0. The molecule has 0 unspecified atom stereocenters. The molecule has 0 aromatic rings. The second kappa shape index (κ2) is 4.99. The SMILES string of the molecule is CC(C)CC1(C(=O)O)CCC(C(C)(C)C)CC1. The van der Waals surface area contributed by atoms with Gasteiger partial charge in [-0.2, -0.15) is 0 Å². The first-order valence-corrected chi connectivity index (χ1v) is 6.91. The topological polar surface area (TPSA) is 37.3 Å². The summed E-state index contributed by atoms with van der Waals surface area (Å²) in [7, 11) is 0. The first-order chi connectivity index (χ1) is 7.67. The third kappa shape index (κ3) is 3.46. The Morgan fingerprint density at radius 2 is 1.76 bits per heavy atom. The van der Waals surface area contributed by atoms with Crippen LogP contribution in [0.4, 0.5) is 0 Å². The van der Waals surface area contributed by atoms with E-state index >= 15 is 0 Å². The Hall–Kier alpha value is -0.530. The summed E-state index contributed by atoms with van der Waals surface area (Å²) < 4.78 is 0. The summed E-state index contributed by atoms with van der Waals surface area (Å²) in [6, 6.07) is 0. The quantitative estimate of drug-likeness (QED) is 0.796. The lowest BCUT2D eigenvalue weighted by molar-refractivity contribution is -0.153. The maximum absolute atomic E-state index is 11.6. The molecule has 2 heteroatoms. The molecule has 0 heterocycles. The van der Waals surface area contributed by atoms with E-state index in [0.717, 1.165) is 32.1 Å². The smallest absolute Gasteiger partial charge is 0.309 e. The predicted molar refractivity (Wildman–Crippen MR) is 70.9 cm³/mol. The van der Waals surface area contributed by atoms with E-state index in [1.165, 1.54) is 0 Å². The number of hydrogen-bond acceptors (Lipinski definition) is 1. The lowest BCUT2D eigenvalue weighted by atomic mass is 9.62. The van der Waals surface area contributed by atoms with Crippen LogP contribution in [0.1, 0.15) is 66.7 Å². The maximum atomic E-state index is 11.6. The average molecular weight is 240 g/mol. The average Bonchev–Trinajstić information content (AvgIpc) is 2.15. The maximum Gasteiger partial charge on any atom is 0.309 e. The van der Waals surface area contributed by atoms with Gasteiger partial charge in [0.05, 0.1) is 5.41 Å². The van der Waals surface area contributed by atoms with Gasteiger partial charge >= 0.3 is 5.97 Å². The lowest BCUT2D eigenvalue weighted by Gasteiger charge is -2.42. The third-order valence-corrected chi connectivity index (χ3v) is 4.42. The Bertz CT molecular complexity index is 265. The molecule has 0 spiro atoms. The normalized spacial score (nSPS) is 30.6. The first kappa shape index (κ1) is 14.5. The number of carboxylic acid groups (broad SMARTS) is 1. The Balaban J connectivity index is 2.71. The highest BCUT2D eigenvalue weighted by molar-refractivity contribution is 5.74. The van der Waals surface area contributed by atoms with E-state index < -0.39 is 11.4 Å². The van der Waals surface area contributed by atoms with Gasteiger partial charge in [0.25, 0.3) is 0 Å². The van der Waals surface area contributed by atoms with Crippen LogP contribution < -0.4 is 0 Å². The highest BCUT2D eigenvalue weighted by Crippen LogP contribution is 2.48. The van der Waals surface area contributed by atoms with E-state index in [1.807, 2.05) is 0 Å². The highest BCUT2D eigenvalue weighted by Gasteiger charge is 2.44. The summed E-state index contributed by atoms with van der Waals surface area (Å²) >= 11 is 0. The molecule has 1 fully saturated rings. The third-order valence-electron chi connectivity index (χ3n) is 4.42. The second-order valence-electron chi connectivity index (χ2n) is 7.32. The van der Waals surface area contributed by atoms with E-state index in [4.69, 9.17) is 0 Å². The van der Waals surface area contributed by atoms with Crippen molar-refractivity contribution in [3.8, 4) is 0 Å². The van der Waals surface area contributed by atoms with Crippen LogP contribution in [0.5, 0.6) is 0 Å². The summed E-state index contributed by atoms with van der Waals surface area (Å²) in [5.41, 5.74) is -0.113. The van der Waals surface area contributed by atoms with Crippen LogP contribution in [0.15, 0.2) is 0 Å². The first-order valence-electron chi connectivity index (χ1n) is 6.91. The van der Waals surface area contributed by atoms with Gasteiger partial charge in [0.1, 0.15) is 0 Å². The van der Waals surface area contributed by atoms with Crippen molar-refractivity contribution >= 4 is 5.97 Å². The van der Waals surface area contributed by atoms with Gasteiger partial charge in [-0.3, -0.25) is 4.79 Å². The fraction of sp³-hybridized carbons (Fsp3) is 0.933. The molecule has 1 aliphatic carbocycles. The highest BCUT2D eigenvalue weighted by atomic mass is 16.4. The van der Waals surface area contributed by atoms with Gasteiger partial charge in [-0.1, -0.05) is 34.6 Å². The number of carboxylic acids is 1. The zero-order valence-electron chi connectivity index (χ0n) is 12.0.